The second kappa shape index (κ2) is 10.6. The van der Waals surface area contributed by atoms with Crippen LogP contribution >= 0.6 is 0 Å². The SMILES string of the molecule is C=C(OF)c1ccccn1.CC(C)c1cc2ccccc2cc1-c1nccn1-c1ccccc1. The molecule has 0 N–H and O–H groups in total. The summed E-state index contributed by atoms with van der Waals surface area (Å²) in [5.74, 6) is 1.36. The molecule has 2 aromatic heterocycles. The van der Waals surface area contributed by atoms with Crippen molar-refractivity contribution in [2.75, 3.05) is 0 Å². The van der Waals surface area contributed by atoms with Gasteiger partial charge in [0.2, 0.25) is 0 Å². The van der Waals surface area contributed by atoms with E-state index in [2.05, 4.69) is 101 Å². The molecule has 0 aliphatic carbocycles. The van der Waals surface area contributed by atoms with E-state index >= 15 is 0 Å². The highest BCUT2D eigenvalue weighted by molar-refractivity contribution is 5.88. The minimum Gasteiger partial charge on any atom is -0.300 e. The smallest absolute Gasteiger partial charge is 0.190 e. The van der Waals surface area contributed by atoms with Crippen LogP contribution in [0.3, 0.4) is 0 Å². The summed E-state index contributed by atoms with van der Waals surface area (Å²) in [6.45, 7) is 7.76. The topological polar surface area (TPSA) is 39.9 Å². The van der Waals surface area contributed by atoms with Crippen molar-refractivity contribution < 1.29 is 9.47 Å². The molecule has 5 aromatic rings. The number of rotatable bonds is 5. The molecule has 0 radical (unpaired) electrons. The molecule has 4 nitrogen and oxygen atoms in total. The predicted octanol–water partition coefficient (Wildman–Crippen LogP) is 7.77. The molecule has 0 bridgehead atoms. The molecular weight excluding hydrogens is 425 g/mol. The van der Waals surface area contributed by atoms with Crippen LogP contribution in [0.15, 0.2) is 110 Å². The molecule has 0 aliphatic heterocycles. The zero-order valence-corrected chi connectivity index (χ0v) is 19.2. The van der Waals surface area contributed by atoms with Crippen LogP contribution in [0, 0.1) is 0 Å². The molecular formula is C29H26FN3O. The Balaban J connectivity index is 0.000000231. The Labute approximate surface area is 198 Å². The molecule has 3 aromatic carbocycles. The summed E-state index contributed by atoms with van der Waals surface area (Å²) in [4.78, 5) is 11.8. The number of fused-ring (bicyclic) bond motifs is 1. The molecule has 0 atom stereocenters. The molecule has 5 rings (SSSR count). The number of hydrogen-bond donors (Lipinski definition) is 0. The summed E-state index contributed by atoms with van der Waals surface area (Å²) >= 11 is 0. The average molecular weight is 452 g/mol. The lowest BCUT2D eigenvalue weighted by Gasteiger charge is -2.16. The van der Waals surface area contributed by atoms with Gasteiger partial charge in [0.15, 0.2) is 5.76 Å². The van der Waals surface area contributed by atoms with Gasteiger partial charge in [-0.2, -0.15) is 0 Å². The van der Waals surface area contributed by atoms with E-state index in [-0.39, 0.29) is 5.76 Å². The fourth-order valence-corrected chi connectivity index (χ4v) is 3.80. The van der Waals surface area contributed by atoms with Crippen LogP contribution in [0.1, 0.15) is 31.0 Å². The number of benzene rings is 3. The van der Waals surface area contributed by atoms with Gasteiger partial charge in [0.25, 0.3) is 0 Å². The Bertz CT molecular complexity index is 1380. The van der Waals surface area contributed by atoms with Gasteiger partial charge < -0.3 is 0 Å². The van der Waals surface area contributed by atoms with E-state index in [1.807, 2.05) is 18.5 Å². The van der Waals surface area contributed by atoms with E-state index in [4.69, 9.17) is 0 Å². The summed E-state index contributed by atoms with van der Waals surface area (Å²) in [5.41, 5.74) is 4.08. The fourth-order valence-electron chi connectivity index (χ4n) is 3.80. The van der Waals surface area contributed by atoms with Gasteiger partial charge in [-0.15, -0.1) is 0 Å². The van der Waals surface area contributed by atoms with Crippen molar-refractivity contribution in [2.45, 2.75) is 19.8 Å². The van der Waals surface area contributed by atoms with Gasteiger partial charge in [-0.3, -0.25) is 14.5 Å². The maximum atomic E-state index is 11.4. The first-order chi connectivity index (χ1) is 16.6. The summed E-state index contributed by atoms with van der Waals surface area (Å²) in [6, 6.07) is 28.6. The Morgan fingerprint density at radius 1 is 0.853 bits per heavy atom. The largest absolute Gasteiger partial charge is 0.300 e. The van der Waals surface area contributed by atoms with Crippen molar-refractivity contribution in [1.29, 1.82) is 0 Å². The van der Waals surface area contributed by atoms with E-state index in [1.165, 1.54) is 21.9 Å². The maximum Gasteiger partial charge on any atom is 0.190 e. The zero-order valence-electron chi connectivity index (χ0n) is 19.2. The maximum absolute atomic E-state index is 11.4. The molecule has 0 amide bonds. The van der Waals surface area contributed by atoms with Crippen molar-refractivity contribution in [3.63, 3.8) is 0 Å². The first-order valence-corrected chi connectivity index (χ1v) is 11.1. The molecule has 0 spiro atoms. The predicted molar refractivity (Wildman–Crippen MR) is 136 cm³/mol. The van der Waals surface area contributed by atoms with Crippen molar-refractivity contribution in [2.24, 2.45) is 0 Å². The summed E-state index contributed by atoms with van der Waals surface area (Å²) in [7, 11) is 0. The lowest BCUT2D eigenvalue weighted by atomic mass is 9.93. The number of imidazole rings is 1. The summed E-state index contributed by atoms with van der Waals surface area (Å²) in [5, 5.41) is 2.53. The van der Waals surface area contributed by atoms with Crippen molar-refractivity contribution in [3.8, 4) is 17.1 Å². The second-order valence-corrected chi connectivity index (χ2v) is 8.11. The highest BCUT2D eigenvalue weighted by Crippen LogP contribution is 2.33. The number of pyridine rings is 1. The van der Waals surface area contributed by atoms with E-state index in [0.29, 0.717) is 11.6 Å². The van der Waals surface area contributed by atoms with Gasteiger partial charge >= 0.3 is 0 Å². The average Bonchev–Trinajstić information content (AvgIpc) is 3.39. The third-order valence-electron chi connectivity index (χ3n) is 5.50. The number of halogens is 1. The molecule has 0 unspecified atom stereocenters. The van der Waals surface area contributed by atoms with Crippen LogP contribution in [0.4, 0.5) is 4.53 Å². The Morgan fingerprint density at radius 2 is 1.53 bits per heavy atom. The Kier molecular flexibility index (Phi) is 7.13. The van der Waals surface area contributed by atoms with Crippen LogP contribution in [0.2, 0.25) is 0 Å². The third-order valence-corrected chi connectivity index (χ3v) is 5.50. The summed E-state index contributed by atoms with van der Waals surface area (Å²) in [6.07, 6.45) is 5.45. The van der Waals surface area contributed by atoms with Crippen LogP contribution < -0.4 is 0 Å². The van der Waals surface area contributed by atoms with Crippen molar-refractivity contribution >= 4 is 16.5 Å². The first kappa shape index (κ1) is 22.9. The van der Waals surface area contributed by atoms with E-state index in [9.17, 15) is 4.53 Å². The molecule has 34 heavy (non-hydrogen) atoms. The van der Waals surface area contributed by atoms with Gasteiger partial charge in [-0.25, -0.2) is 4.98 Å². The molecule has 0 saturated heterocycles. The minimum absolute atomic E-state index is 0.0689. The standard InChI is InChI=1S/C22H20N2.C7H6FNO/c1-16(2)20-14-17-8-6-7-9-18(17)15-21(20)22-23-12-13-24(22)19-10-4-3-5-11-19;1-6(10-8)7-4-2-3-5-9-7/h3-16H,1-2H3;2-5H,1H2. The van der Waals surface area contributed by atoms with Crippen LogP contribution in [-0.2, 0) is 4.94 Å². The molecule has 170 valence electrons. The van der Waals surface area contributed by atoms with Crippen LogP contribution in [0.25, 0.3) is 33.6 Å². The van der Waals surface area contributed by atoms with Gasteiger partial charge in [-0.05, 0) is 59.2 Å². The number of nitrogens with zero attached hydrogens (tertiary/aromatic N) is 3. The van der Waals surface area contributed by atoms with Gasteiger partial charge in [0.05, 0.1) is 0 Å². The fraction of sp³-hybridized carbons (Fsp3) is 0.103. The monoisotopic (exact) mass is 451 g/mol. The number of aromatic nitrogens is 3. The van der Waals surface area contributed by atoms with E-state index in [0.717, 1.165) is 11.5 Å². The molecule has 0 fully saturated rings. The van der Waals surface area contributed by atoms with Crippen LogP contribution in [0.5, 0.6) is 0 Å². The van der Waals surface area contributed by atoms with E-state index < -0.39 is 0 Å². The second-order valence-electron chi connectivity index (χ2n) is 8.11. The molecule has 2 heterocycles. The Hall–Kier alpha value is -4.25. The van der Waals surface area contributed by atoms with Gasteiger partial charge in [0, 0.05) is 34.4 Å². The normalized spacial score (nSPS) is 10.6. The minimum atomic E-state index is -0.0689. The number of para-hydroxylation sites is 1. The number of hydrogen-bond acceptors (Lipinski definition) is 3. The summed E-state index contributed by atoms with van der Waals surface area (Å²) < 4.78 is 13.6. The van der Waals surface area contributed by atoms with Gasteiger partial charge in [-0.1, -0.05) is 68.4 Å². The molecule has 0 saturated carbocycles. The third kappa shape index (κ3) is 5.04. The van der Waals surface area contributed by atoms with Gasteiger partial charge in [0.1, 0.15) is 11.5 Å². The molecule has 5 heteroatoms. The highest BCUT2D eigenvalue weighted by atomic mass is 19.3. The molecule has 0 aliphatic rings. The Morgan fingerprint density at radius 3 is 2.18 bits per heavy atom. The lowest BCUT2D eigenvalue weighted by molar-refractivity contribution is -0.0421. The van der Waals surface area contributed by atoms with E-state index in [1.54, 1.807) is 24.4 Å². The van der Waals surface area contributed by atoms with Crippen molar-refractivity contribution in [3.05, 3.63) is 121 Å². The highest BCUT2D eigenvalue weighted by Gasteiger charge is 2.15. The van der Waals surface area contributed by atoms with Crippen LogP contribution in [-0.4, -0.2) is 14.5 Å². The van der Waals surface area contributed by atoms with Crippen molar-refractivity contribution in [1.82, 2.24) is 14.5 Å². The first-order valence-electron chi connectivity index (χ1n) is 11.1. The lowest BCUT2D eigenvalue weighted by Crippen LogP contribution is -2.00. The zero-order chi connectivity index (χ0) is 23.9. The quantitative estimate of drug-likeness (QED) is 0.256.